The molecule has 3 N–H and O–H groups in total. The summed E-state index contributed by atoms with van der Waals surface area (Å²) in [5.41, 5.74) is 8.48. The van der Waals surface area contributed by atoms with Gasteiger partial charge in [0.25, 0.3) is 0 Å². The average molecular weight is 296 g/mol. The lowest BCUT2D eigenvalue weighted by Crippen LogP contribution is -2.42. The van der Waals surface area contributed by atoms with Gasteiger partial charge in [0.15, 0.2) is 0 Å². The van der Waals surface area contributed by atoms with Crippen molar-refractivity contribution < 1.29 is 4.74 Å². The summed E-state index contributed by atoms with van der Waals surface area (Å²) >= 11 is 0. The number of hydrogen-bond donors (Lipinski definition) is 2. The van der Waals surface area contributed by atoms with Crippen molar-refractivity contribution >= 4 is 5.69 Å². The number of ether oxygens (including phenoxy) is 1. The van der Waals surface area contributed by atoms with E-state index in [2.05, 4.69) is 29.6 Å². The molecule has 1 fully saturated rings. The van der Waals surface area contributed by atoms with Gasteiger partial charge in [-0.25, -0.2) is 0 Å². The zero-order valence-corrected chi connectivity index (χ0v) is 12.9. The molecule has 0 radical (unpaired) electrons. The van der Waals surface area contributed by atoms with Gasteiger partial charge in [0, 0.05) is 17.8 Å². The van der Waals surface area contributed by atoms with Gasteiger partial charge in [-0.15, -0.1) is 0 Å². The van der Waals surface area contributed by atoms with Crippen molar-refractivity contribution in [1.82, 2.24) is 0 Å². The van der Waals surface area contributed by atoms with Gasteiger partial charge in [0.1, 0.15) is 12.4 Å². The molecule has 3 nitrogen and oxygen atoms in total. The predicted molar refractivity (Wildman–Crippen MR) is 91.1 cm³/mol. The van der Waals surface area contributed by atoms with Gasteiger partial charge in [0.2, 0.25) is 0 Å². The van der Waals surface area contributed by atoms with Crippen molar-refractivity contribution in [1.29, 1.82) is 0 Å². The number of hydrogen-bond acceptors (Lipinski definition) is 3. The molecule has 0 aliphatic heterocycles. The highest BCUT2D eigenvalue weighted by Gasteiger charge is 2.21. The lowest BCUT2D eigenvalue weighted by atomic mass is 9.91. The summed E-state index contributed by atoms with van der Waals surface area (Å²) in [6.45, 7) is 0.598. The molecule has 3 rings (SSSR count). The van der Waals surface area contributed by atoms with Crippen LogP contribution in [0.5, 0.6) is 5.75 Å². The van der Waals surface area contributed by atoms with Crippen LogP contribution >= 0.6 is 0 Å². The second-order valence-corrected chi connectivity index (χ2v) is 6.00. The maximum absolute atomic E-state index is 6.18. The van der Waals surface area contributed by atoms with Crippen LogP contribution in [0.15, 0.2) is 54.6 Å². The van der Waals surface area contributed by atoms with Crippen LogP contribution in [0.2, 0.25) is 0 Å². The van der Waals surface area contributed by atoms with Gasteiger partial charge in [0.05, 0.1) is 0 Å². The Morgan fingerprint density at radius 2 is 1.68 bits per heavy atom. The van der Waals surface area contributed by atoms with Crippen LogP contribution in [0.3, 0.4) is 0 Å². The zero-order chi connectivity index (χ0) is 15.2. The molecule has 2 atom stereocenters. The van der Waals surface area contributed by atoms with Crippen molar-refractivity contribution in [2.75, 3.05) is 5.32 Å². The van der Waals surface area contributed by atoms with E-state index in [1.165, 1.54) is 18.4 Å². The van der Waals surface area contributed by atoms with E-state index < -0.39 is 0 Å². The molecular formula is C19H24N2O. The van der Waals surface area contributed by atoms with E-state index in [9.17, 15) is 0 Å². The van der Waals surface area contributed by atoms with E-state index in [1.807, 2.05) is 30.3 Å². The van der Waals surface area contributed by atoms with Crippen LogP contribution in [0.25, 0.3) is 0 Å². The van der Waals surface area contributed by atoms with Crippen molar-refractivity contribution in [2.24, 2.45) is 5.73 Å². The minimum absolute atomic E-state index is 0.266. The lowest BCUT2D eigenvalue weighted by Gasteiger charge is -2.30. The van der Waals surface area contributed by atoms with Crippen LogP contribution in [0.1, 0.15) is 31.2 Å². The molecule has 0 amide bonds. The summed E-state index contributed by atoms with van der Waals surface area (Å²) in [6, 6.07) is 19.0. The first-order valence-corrected chi connectivity index (χ1v) is 8.10. The molecule has 1 saturated carbocycles. The fourth-order valence-electron chi connectivity index (χ4n) is 2.94. The van der Waals surface area contributed by atoms with Crippen LogP contribution in [0.4, 0.5) is 5.69 Å². The van der Waals surface area contributed by atoms with Gasteiger partial charge in [-0.3, -0.25) is 0 Å². The smallest absolute Gasteiger partial charge is 0.119 e. The summed E-state index contributed by atoms with van der Waals surface area (Å²) in [5, 5.41) is 3.55. The van der Waals surface area contributed by atoms with Crippen LogP contribution in [0, 0.1) is 0 Å². The van der Waals surface area contributed by atoms with E-state index in [0.29, 0.717) is 12.6 Å². The van der Waals surface area contributed by atoms with Gasteiger partial charge in [-0.1, -0.05) is 43.2 Å². The van der Waals surface area contributed by atoms with E-state index in [0.717, 1.165) is 24.3 Å². The number of anilines is 1. The van der Waals surface area contributed by atoms with Crippen LogP contribution < -0.4 is 15.8 Å². The molecule has 0 aromatic heterocycles. The van der Waals surface area contributed by atoms with Gasteiger partial charge < -0.3 is 15.8 Å². The van der Waals surface area contributed by atoms with E-state index in [-0.39, 0.29) is 6.04 Å². The van der Waals surface area contributed by atoms with Gasteiger partial charge in [-0.2, -0.15) is 0 Å². The summed E-state index contributed by atoms with van der Waals surface area (Å²) in [4.78, 5) is 0. The van der Waals surface area contributed by atoms with Crippen molar-refractivity contribution in [3.05, 3.63) is 60.2 Å². The Labute approximate surface area is 132 Å². The topological polar surface area (TPSA) is 47.3 Å². The molecular weight excluding hydrogens is 272 g/mol. The molecule has 2 aromatic rings. The molecule has 0 heterocycles. The molecule has 1 aliphatic rings. The summed E-state index contributed by atoms with van der Waals surface area (Å²) in [6.07, 6.45) is 4.80. The normalized spacial score (nSPS) is 21.3. The van der Waals surface area contributed by atoms with E-state index in [1.54, 1.807) is 0 Å². The second kappa shape index (κ2) is 7.32. The van der Waals surface area contributed by atoms with Crippen LogP contribution in [-0.2, 0) is 6.61 Å². The highest BCUT2D eigenvalue weighted by Crippen LogP contribution is 2.23. The first-order chi connectivity index (χ1) is 10.8. The number of nitrogens with one attached hydrogen (secondary N) is 1. The summed E-state index contributed by atoms with van der Waals surface area (Å²) in [7, 11) is 0. The Morgan fingerprint density at radius 3 is 2.41 bits per heavy atom. The monoisotopic (exact) mass is 296 g/mol. The van der Waals surface area contributed by atoms with Crippen molar-refractivity contribution in [3.63, 3.8) is 0 Å². The zero-order valence-electron chi connectivity index (χ0n) is 12.9. The largest absolute Gasteiger partial charge is 0.489 e. The Morgan fingerprint density at radius 1 is 0.955 bits per heavy atom. The molecule has 3 heteroatoms. The lowest BCUT2D eigenvalue weighted by molar-refractivity contribution is 0.306. The standard InChI is InChI=1S/C19H24N2O/c20-18-8-4-5-9-19(18)21-16-10-12-17(13-11-16)22-14-15-6-2-1-3-7-15/h1-3,6-7,10-13,18-19,21H,4-5,8-9,14,20H2/t18-,19-/m0/s1. The van der Waals surface area contributed by atoms with E-state index in [4.69, 9.17) is 10.5 Å². The van der Waals surface area contributed by atoms with Gasteiger partial charge in [-0.05, 0) is 42.7 Å². The minimum Gasteiger partial charge on any atom is -0.489 e. The molecule has 0 spiro atoms. The Balaban J connectivity index is 1.53. The molecule has 0 saturated heterocycles. The first-order valence-electron chi connectivity index (χ1n) is 8.10. The van der Waals surface area contributed by atoms with Crippen LogP contribution in [-0.4, -0.2) is 12.1 Å². The number of benzene rings is 2. The maximum Gasteiger partial charge on any atom is 0.119 e. The highest BCUT2D eigenvalue weighted by molar-refractivity contribution is 5.47. The molecule has 0 bridgehead atoms. The second-order valence-electron chi connectivity index (χ2n) is 6.00. The minimum atomic E-state index is 0.266. The Kier molecular flexibility index (Phi) is 4.96. The van der Waals surface area contributed by atoms with E-state index >= 15 is 0 Å². The summed E-state index contributed by atoms with van der Waals surface area (Å²) in [5.74, 6) is 0.891. The third kappa shape index (κ3) is 4.01. The fraction of sp³-hybridized carbons (Fsp3) is 0.368. The molecule has 22 heavy (non-hydrogen) atoms. The van der Waals surface area contributed by atoms with Gasteiger partial charge >= 0.3 is 0 Å². The summed E-state index contributed by atoms with van der Waals surface area (Å²) < 4.78 is 5.81. The third-order valence-electron chi connectivity index (χ3n) is 4.27. The average Bonchev–Trinajstić information content (AvgIpc) is 2.57. The fourth-order valence-corrected chi connectivity index (χ4v) is 2.94. The Hall–Kier alpha value is -2.00. The van der Waals surface area contributed by atoms with Crippen molar-refractivity contribution in [2.45, 2.75) is 44.4 Å². The SMILES string of the molecule is N[C@H]1CCCC[C@@H]1Nc1ccc(OCc2ccccc2)cc1. The predicted octanol–water partition coefficient (Wildman–Crippen LogP) is 3.95. The molecule has 116 valence electrons. The number of rotatable bonds is 5. The number of nitrogens with two attached hydrogens (primary N) is 1. The molecule has 0 unspecified atom stereocenters. The first kappa shape index (κ1) is 14.9. The highest BCUT2D eigenvalue weighted by atomic mass is 16.5. The Bertz CT molecular complexity index is 568. The molecule has 2 aromatic carbocycles. The van der Waals surface area contributed by atoms with Crippen molar-refractivity contribution in [3.8, 4) is 5.75 Å². The maximum atomic E-state index is 6.18. The third-order valence-corrected chi connectivity index (χ3v) is 4.27. The molecule has 1 aliphatic carbocycles. The quantitative estimate of drug-likeness (QED) is 0.878.